The summed E-state index contributed by atoms with van der Waals surface area (Å²) >= 11 is 1.62. The molecule has 2 N–H and O–H groups in total. The number of carbonyl (C=O) groups excluding carboxylic acids is 1. The van der Waals surface area contributed by atoms with Crippen LogP contribution in [0.4, 0.5) is 0 Å². The second kappa shape index (κ2) is 9.32. The average molecular weight is 257 g/mol. The van der Waals surface area contributed by atoms with Crippen molar-refractivity contribution in [2.75, 3.05) is 25.1 Å². The SMILES string of the molecule is CCNC(=O)CSCCCC(C#N)(CC)NC. The Balaban J connectivity index is 3.70. The van der Waals surface area contributed by atoms with Crippen molar-refractivity contribution in [1.82, 2.24) is 10.6 Å². The molecule has 4 nitrogen and oxygen atoms in total. The highest BCUT2D eigenvalue weighted by Crippen LogP contribution is 2.17. The smallest absolute Gasteiger partial charge is 0.229 e. The third-order valence-electron chi connectivity index (χ3n) is 2.80. The van der Waals surface area contributed by atoms with Gasteiger partial charge < -0.3 is 10.6 Å². The molecule has 0 aliphatic heterocycles. The van der Waals surface area contributed by atoms with Crippen molar-refractivity contribution in [2.24, 2.45) is 0 Å². The maximum Gasteiger partial charge on any atom is 0.229 e. The van der Waals surface area contributed by atoms with Gasteiger partial charge in [-0.15, -0.1) is 0 Å². The Morgan fingerprint density at radius 1 is 1.47 bits per heavy atom. The highest BCUT2D eigenvalue weighted by atomic mass is 32.2. The molecule has 0 aliphatic rings. The lowest BCUT2D eigenvalue weighted by atomic mass is 9.93. The Labute approximate surface area is 109 Å². The van der Waals surface area contributed by atoms with E-state index in [2.05, 4.69) is 16.7 Å². The van der Waals surface area contributed by atoms with Gasteiger partial charge in [0.05, 0.1) is 11.8 Å². The standard InChI is InChI=1S/C12H23N3OS/c1-4-12(10-13,14-3)7-6-8-17-9-11(16)15-5-2/h14H,4-9H2,1-3H3,(H,15,16). The van der Waals surface area contributed by atoms with Crippen LogP contribution in [-0.4, -0.2) is 36.5 Å². The number of nitrogens with zero attached hydrogens (tertiary/aromatic N) is 1. The van der Waals surface area contributed by atoms with Crippen LogP contribution in [0.2, 0.25) is 0 Å². The van der Waals surface area contributed by atoms with Gasteiger partial charge in [0.1, 0.15) is 5.54 Å². The second-order valence-corrected chi connectivity index (χ2v) is 5.01. The van der Waals surface area contributed by atoms with E-state index in [0.29, 0.717) is 12.3 Å². The fourth-order valence-electron chi connectivity index (χ4n) is 1.56. The monoisotopic (exact) mass is 257 g/mol. The first-order chi connectivity index (χ1) is 8.14. The molecule has 0 saturated heterocycles. The molecule has 0 aliphatic carbocycles. The Morgan fingerprint density at radius 3 is 2.65 bits per heavy atom. The van der Waals surface area contributed by atoms with Crippen LogP contribution in [-0.2, 0) is 4.79 Å². The molecule has 17 heavy (non-hydrogen) atoms. The Bertz CT molecular complexity index is 259. The summed E-state index contributed by atoms with van der Waals surface area (Å²) in [7, 11) is 1.83. The van der Waals surface area contributed by atoms with Crippen molar-refractivity contribution in [2.45, 2.75) is 38.6 Å². The maximum absolute atomic E-state index is 11.2. The molecule has 0 aromatic rings. The third-order valence-corrected chi connectivity index (χ3v) is 3.84. The van der Waals surface area contributed by atoms with Gasteiger partial charge in [-0.3, -0.25) is 4.79 Å². The van der Waals surface area contributed by atoms with Gasteiger partial charge in [0, 0.05) is 6.54 Å². The van der Waals surface area contributed by atoms with E-state index in [4.69, 9.17) is 5.26 Å². The second-order valence-electron chi connectivity index (χ2n) is 3.91. The summed E-state index contributed by atoms with van der Waals surface area (Å²) in [5, 5.41) is 15.0. The summed E-state index contributed by atoms with van der Waals surface area (Å²) in [4.78, 5) is 11.2. The van der Waals surface area contributed by atoms with E-state index >= 15 is 0 Å². The first-order valence-electron chi connectivity index (χ1n) is 6.08. The molecule has 0 fully saturated rings. The molecule has 0 bridgehead atoms. The molecule has 0 heterocycles. The number of thioether (sulfide) groups is 1. The average Bonchev–Trinajstić information content (AvgIpc) is 2.35. The van der Waals surface area contributed by atoms with Crippen molar-refractivity contribution in [3.63, 3.8) is 0 Å². The van der Waals surface area contributed by atoms with Crippen LogP contribution in [0.3, 0.4) is 0 Å². The minimum absolute atomic E-state index is 0.0909. The molecule has 1 amide bonds. The van der Waals surface area contributed by atoms with Crippen LogP contribution >= 0.6 is 11.8 Å². The first-order valence-corrected chi connectivity index (χ1v) is 7.24. The quantitative estimate of drug-likeness (QED) is 0.615. The number of hydrogen-bond donors (Lipinski definition) is 2. The molecule has 0 radical (unpaired) electrons. The summed E-state index contributed by atoms with van der Waals surface area (Å²) in [6.45, 7) is 4.62. The largest absolute Gasteiger partial charge is 0.356 e. The highest BCUT2D eigenvalue weighted by molar-refractivity contribution is 7.99. The van der Waals surface area contributed by atoms with Crippen LogP contribution in [0.15, 0.2) is 0 Å². The van der Waals surface area contributed by atoms with Crippen molar-refractivity contribution in [3.8, 4) is 6.07 Å². The zero-order valence-electron chi connectivity index (χ0n) is 11.0. The van der Waals surface area contributed by atoms with E-state index in [0.717, 1.165) is 25.0 Å². The van der Waals surface area contributed by atoms with Crippen LogP contribution in [0, 0.1) is 11.3 Å². The Kier molecular flexibility index (Phi) is 8.92. The van der Waals surface area contributed by atoms with Crippen LogP contribution in [0.1, 0.15) is 33.1 Å². The predicted octanol–water partition coefficient (Wildman–Crippen LogP) is 1.53. The number of amides is 1. The van der Waals surface area contributed by atoms with Gasteiger partial charge in [-0.05, 0) is 39.0 Å². The summed E-state index contributed by atoms with van der Waals surface area (Å²) in [5.74, 6) is 1.52. The van der Waals surface area contributed by atoms with E-state index in [9.17, 15) is 4.79 Å². The van der Waals surface area contributed by atoms with E-state index < -0.39 is 5.54 Å². The summed E-state index contributed by atoms with van der Waals surface area (Å²) in [5.41, 5.74) is -0.397. The normalized spacial score (nSPS) is 13.8. The maximum atomic E-state index is 11.2. The first kappa shape index (κ1) is 16.3. The molecular weight excluding hydrogens is 234 g/mol. The molecule has 0 saturated carbocycles. The van der Waals surface area contributed by atoms with Crippen LogP contribution in [0.25, 0.3) is 0 Å². The molecule has 0 aromatic heterocycles. The molecule has 5 heteroatoms. The minimum atomic E-state index is -0.397. The summed E-state index contributed by atoms with van der Waals surface area (Å²) < 4.78 is 0. The van der Waals surface area contributed by atoms with Gasteiger partial charge in [0.2, 0.25) is 5.91 Å². The van der Waals surface area contributed by atoms with E-state index in [1.165, 1.54) is 0 Å². The lowest BCUT2D eigenvalue weighted by Gasteiger charge is -2.24. The van der Waals surface area contributed by atoms with E-state index in [1.807, 2.05) is 20.9 Å². The predicted molar refractivity (Wildman–Crippen MR) is 72.9 cm³/mol. The number of nitriles is 1. The number of rotatable bonds is 9. The minimum Gasteiger partial charge on any atom is -0.356 e. The van der Waals surface area contributed by atoms with E-state index in [1.54, 1.807) is 11.8 Å². The summed E-state index contributed by atoms with van der Waals surface area (Å²) in [6.07, 6.45) is 2.59. The highest BCUT2D eigenvalue weighted by Gasteiger charge is 2.24. The van der Waals surface area contributed by atoms with Gasteiger partial charge in [-0.2, -0.15) is 17.0 Å². The van der Waals surface area contributed by atoms with Gasteiger partial charge in [-0.1, -0.05) is 6.92 Å². The molecule has 0 aromatic carbocycles. The molecule has 1 atom stereocenters. The summed E-state index contributed by atoms with van der Waals surface area (Å²) in [6, 6.07) is 2.34. The van der Waals surface area contributed by atoms with Crippen molar-refractivity contribution >= 4 is 17.7 Å². The van der Waals surface area contributed by atoms with Crippen molar-refractivity contribution < 1.29 is 4.79 Å². The lowest BCUT2D eigenvalue weighted by Crippen LogP contribution is -2.40. The zero-order chi connectivity index (χ0) is 13.1. The Hall–Kier alpha value is -0.730. The van der Waals surface area contributed by atoms with Gasteiger partial charge in [0.15, 0.2) is 0 Å². The number of nitrogens with one attached hydrogen (secondary N) is 2. The van der Waals surface area contributed by atoms with Gasteiger partial charge in [-0.25, -0.2) is 0 Å². The molecular formula is C12H23N3OS. The van der Waals surface area contributed by atoms with Crippen molar-refractivity contribution in [3.05, 3.63) is 0 Å². The molecule has 1 unspecified atom stereocenters. The molecule has 0 spiro atoms. The fraction of sp³-hybridized carbons (Fsp3) is 0.833. The van der Waals surface area contributed by atoms with Gasteiger partial charge >= 0.3 is 0 Å². The van der Waals surface area contributed by atoms with Gasteiger partial charge in [0.25, 0.3) is 0 Å². The zero-order valence-corrected chi connectivity index (χ0v) is 11.8. The number of carbonyl (C=O) groups is 1. The topological polar surface area (TPSA) is 64.9 Å². The van der Waals surface area contributed by atoms with E-state index in [-0.39, 0.29) is 5.91 Å². The van der Waals surface area contributed by atoms with Crippen molar-refractivity contribution in [1.29, 1.82) is 5.26 Å². The third kappa shape index (κ3) is 6.54. The molecule has 98 valence electrons. The Morgan fingerprint density at radius 2 is 2.18 bits per heavy atom. The van der Waals surface area contributed by atoms with Crippen LogP contribution in [0.5, 0.6) is 0 Å². The lowest BCUT2D eigenvalue weighted by molar-refractivity contribution is -0.118. The number of hydrogen-bond acceptors (Lipinski definition) is 4. The fourth-order valence-corrected chi connectivity index (χ4v) is 2.34. The molecule has 0 rings (SSSR count). The van der Waals surface area contributed by atoms with Crippen LogP contribution < -0.4 is 10.6 Å².